The normalized spacial score (nSPS) is 14.0. The van der Waals surface area contributed by atoms with E-state index in [2.05, 4.69) is 62.4 Å². The topological polar surface area (TPSA) is 230 Å². The summed E-state index contributed by atoms with van der Waals surface area (Å²) in [6, 6.07) is 21.4. The second kappa shape index (κ2) is 22.7. The van der Waals surface area contributed by atoms with Gasteiger partial charge in [-0.25, -0.2) is 28.0 Å². The van der Waals surface area contributed by atoms with Crippen LogP contribution in [0.2, 0.25) is 0 Å². The van der Waals surface area contributed by atoms with Crippen LogP contribution in [0.1, 0.15) is 54.4 Å². The van der Waals surface area contributed by atoms with Gasteiger partial charge in [0.25, 0.3) is 11.1 Å². The maximum Gasteiger partial charge on any atom is 0.410 e. The summed E-state index contributed by atoms with van der Waals surface area (Å²) in [5.41, 5.74) is 1.14. The molecule has 0 unspecified atom stereocenters. The Hall–Kier alpha value is -6.26. The second-order valence-corrected chi connectivity index (χ2v) is 22.6. The number of aryl methyl sites for hydroxylation is 2. The molecule has 0 atom stereocenters. The summed E-state index contributed by atoms with van der Waals surface area (Å²) in [6.45, 7) is 14.4. The van der Waals surface area contributed by atoms with Crippen LogP contribution in [0.5, 0.6) is 0 Å². The highest BCUT2D eigenvalue weighted by Gasteiger charge is 2.35. The molecule has 3 amide bonds. The number of amides is 3. The van der Waals surface area contributed by atoms with Crippen molar-refractivity contribution in [3.05, 3.63) is 115 Å². The first-order valence-electron chi connectivity index (χ1n) is 22.3. The Labute approximate surface area is 422 Å². The van der Waals surface area contributed by atoms with Gasteiger partial charge in [-0.2, -0.15) is 9.97 Å². The number of rotatable bonds is 11. The van der Waals surface area contributed by atoms with Crippen molar-refractivity contribution < 1.29 is 32.3 Å². The molecule has 6 aromatic rings. The van der Waals surface area contributed by atoms with Gasteiger partial charge in [-0.3, -0.25) is 23.5 Å². The van der Waals surface area contributed by atoms with E-state index in [1.165, 1.54) is 16.8 Å². The van der Waals surface area contributed by atoms with Crippen LogP contribution < -0.4 is 21.8 Å². The molecule has 8 rings (SSSR count). The standard InChI is InChI=1S/C23H26BrN5O3.C18H24N4O5S.C7H6BrNO/c1-23(2,3)32-22(31)28-13-15(14-28)9-10-29-19(30)8-7-16-12-25-21(27-20(16)29)26-18-6-4-5-17(24)11-18;1-18(2,3)27-17(24)21-10-12(11-21)7-8-22-14(23)6-5-13-9-19-16(20-15(13)22)28(4,25)26;8-6-2-1-3-7(4-6)9-5-10/h4-8,11-12,15H,9-10,13-14H2,1-3H3,(H,25,26,27);5-6,9,12H,7-8,10-11H2,1-4H3;1-5H,(H,9,10). The Bertz CT molecular complexity index is 3090. The summed E-state index contributed by atoms with van der Waals surface area (Å²) < 4.78 is 39.2. The van der Waals surface area contributed by atoms with Crippen molar-refractivity contribution in [3.8, 4) is 0 Å². The first kappa shape index (κ1) is 53.1. The maximum absolute atomic E-state index is 12.6. The minimum absolute atomic E-state index is 0.104. The summed E-state index contributed by atoms with van der Waals surface area (Å²) in [6.07, 6.45) is 5.62. The van der Waals surface area contributed by atoms with Gasteiger partial charge in [0.15, 0.2) is 0 Å². The monoisotopic (exact) mass is 1110 g/mol. The fourth-order valence-electron chi connectivity index (χ4n) is 7.22. The summed E-state index contributed by atoms with van der Waals surface area (Å²) >= 11 is 6.73. The number of halogens is 2. The number of carbonyl (C=O) groups excluding carboxylic acids is 3. The van der Waals surface area contributed by atoms with E-state index in [1.807, 2.05) is 90.1 Å². The Balaban J connectivity index is 0.000000193. The first-order valence-corrected chi connectivity index (χ1v) is 25.8. The van der Waals surface area contributed by atoms with Gasteiger partial charge in [0.05, 0.1) is 0 Å². The first-order chi connectivity index (χ1) is 32.9. The van der Waals surface area contributed by atoms with E-state index in [-0.39, 0.29) is 34.4 Å². The largest absolute Gasteiger partial charge is 0.444 e. The molecule has 6 heterocycles. The third kappa shape index (κ3) is 15.1. The molecule has 2 aromatic carbocycles. The Kier molecular flexibility index (Phi) is 17.2. The zero-order valence-electron chi connectivity index (χ0n) is 39.9. The van der Waals surface area contributed by atoms with E-state index in [0.29, 0.717) is 80.6 Å². The van der Waals surface area contributed by atoms with Gasteiger partial charge in [0.2, 0.25) is 27.4 Å². The molecule has 2 N–H and O–H groups in total. The molecule has 0 radical (unpaired) electrons. The minimum Gasteiger partial charge on any atom is -0.444 e. The predicted octanol–water partition coefficient (Wildman–Crippen LogP) is 8.02. The van der Waals surface area contributed by atoms with E-state index in [0.717, 1.165) is 38.4 Å². The van der Waals surface area contributed by atoms with Crippen molar-refractivity contribution in [1.82, 2.24) is 38.9 Å². The molecular weight excluding hydrogens is 1050 g/mol. The van der Waals surface area contributed by atoms with Gasteiger partial charge >= 0.3 is 12.2 Å². The number of nitrogens with one attached hydrogen (secondary N) is 2. The smallest absolute Gasteiger partial charge is 0.410 e. The molecule has 2 aliphatic rings. The van der Waals surface area contributed by atoms with Crippen LogP contribution in [0.4, 0.5) is 26.9 Å². The van der Waals surface area contributed by atoms with Crippen molar-refractivity contribution in [2.24, 2.45) is 11.8 Å². The number of carbonyl (C=O) groups is 3. The number of benzene rings is 2. The van der Waals surface area contributed by atoms with Crippen molar-refractivity contribution >= 4 is 99.7 Å². The number of likely N-dealkylation sites (tertiary alicyclic amines) is 2. The van der Waals surface area contributed by atoms with E-state index in [9.17, 15) is 32.4 Å². The second-order valence-electron chi connectivity index (χ2n) is 18.8. The van der Waals surface area contributed by atoms with E-state index >= 15 is 0 Å². The molecular formula is C48H56Br2N10O9S. The van der Waals surface area contributed by atoms with Crippen LogP contribution in [0.15, 0.2) is 109 Å². The number of sulfone groups is 1. The van der Waals surface area contributed by atoms with Gasteiger partial charge in [0.1, 0.15) is 22.5 Å². The van der Waals surface area contributed by atoms with E-state index in [4.69, 9.17) is 9.47 Å². The van der Waals surface area contributed by atoms with Crippen LogP contribution in [0.3, 0.4) is 0 Å². The molecule has 372 valence electrons. The summed E-state index contributed by atoms with van der Waals surface area (Å²) in [7, 11) is -3.58. The van der Waals surface area contributed by atoms with Gasteiger partial charge in [0, 0.05) is 101 Å². The molecule has 0 aliphatic carbocycles. The summed E-state index contributed by atoms with van der Waals surface area (Å²) in [5.74, 6) is 0.992. The minimum atomic E-state index is -3.58. The zero-order valence-corrected chi connectivity index (χ0v) is 43.9. The fraction of sp³-hybridized carbons (Fsp3) is 0.396. The number of pyridine rings is 2. The Morgan fingerprint density at radius 2 is 1.16 bits per heavy atom. The highest BCUT2D eigenvalue weighted by atomic mass is 79.9. The molecule has 19 nitrogen and oxygen atoms in total. The molecule has 0 spiro atoms. The average molecular weight is 1110 g/mol. The quantitative estimate of drug-likeness (QED) is 0.0925. The number of anilines is 3. The van der Waals surface area contributed by atoms with Crippen molar-refractivity contribution in [2.75, 3.05) is 43.1 Å². The van der Waals surface area contributed by atoms with E-state index < -0.39 is 21.0 Å². The molecule has 2 saturated heterocycles. The van der Waals surface area contributed by atoms with Crippen LogP contribution in [0.25, 0.3) is 22.1 Å². The summed E-state index contributed by atoms with van der Waals surface area (Å²) in [4.78, 5) is 79.2. The number of hydrogen-bond acceptors (Lipinski definition) is 14. The lowest BCUT2D eigenvalue weighted by Crippen LogP contribution is -2.51. The van der Waals surface area contributed by atoms with Crippen molar-refractivity contribution in [3.63, 3.8) is 0 Å². The molecule has 2 aliphatic heterocycles. The van der Waals surface area contributed by atoms with Gasteiger partial charge in [-0.15, -0.1) is 0 Å². The van der Waals surface area contributed by atoms with Crippen LogP contribution in [-0.4, -0.2) is 110 Å². The highest BCUT2D eigenvalue weighted by Crippen LogP contribution is 2.26. The SMILES string of the molecule is CC(C)(C)OC(=O)N1CC(CCn2c(=O)ccc3cnc(Nc4cccc(Br)c4)nc32)C1.CC(C)(C)OC(=O)N1CC(CCn2c(=O)ccc3cnc(S(C)(=O)=O)nc32)C1.O=CNc1cccc(Br)c1. The lowest BCUT2D eigenvalue weighted by Gasteiger charge is -2.39. The van der Waals surface area contributed by atoms with Crippen molar-refractivity contribution in [2.45, 2.75) is 83.8 Å². The third-order valence-corrected chi connectivity index (χ3v) is 12.5. The van der Waals surface area contributed by atoms with Crippen LogP contribution in [0, 0.1) is 11.8 Å². The molecule has 2 fully saturated rings. The lowest BCUT2D eigenvalue weighted by atomic mass is 9.97. The van der Waals surface area contributed by atoms with E-state index in [1.54, 1.807) is 38.8 Å². The number of nitrogens with zero attached hydrogens (tertiary/aromatic N) is 8. The Morgan fingerprint density at radius 3 is 1.61 bits per heavy atom. The molecule has 0 bridgehead atoms. The summed E-state index contributed by atoms with van der Waals surface area (Å²) in [5, 5.41) is 6.81. The molecule has 0 saturated carbocycles. The number of hydrogen-bond donors (Lipinski definition) is 2. The molecule has 22 heteroatoms. The predicted molar refractivity (Wildman–Crippen MR) is 274 cm³/mol. The maximum atomic E-state index is 12.6. The van der Waals surface area contributed by atoms with Crippen LogP contribution in [-0.2, 0) is 37.2 Å². The van der Waals surface area contributed by atoms with Crippen molar-refractivity contribution in [1.29, 1.82) is 0 Å². The highest BCUT2D eigenvalue weighted by molar-refractivity contribution is 9.10. The number of ether oxygens (including phenoxy) is 2. The lowest BCUT2D eigenvalue weighted by molar-refractivity contribution is -0.105. The van der Waals surface area contributed by atoms with Gasteiger partial charge < -0.3 is 29.9 Å². The molecule has 70 heavy (non-hydrogen) atoms. The number of aromatic nitrogens is 6. The Morgan fingerprint density at radius 1 is 0.700 bits per heavy atom. The fourth-order valence-corrected chi connectivity index (χ4v) is 8.51. The average Bonchev–Trinajstić information content (AvgIpc) is 3.23. The molecule has 4 aromatic heterocycles. The van der Waals surface area contributed by atoms with Gasteiger partial charge in [-0.1, -0.05) is 44.0 Å². The van der Waals surface area contributed by atoms with Gasteiger partial charge in [-0.05, 0) is 115 Å². The zero-order chi connectivity index (χ0) is 51.0. The third-order valence-electron chi connectivity index (χ3n) is 10.6. The van der Waals surface area contributed by atoms with Crippen LogP contribution >= 0.6 is 31.9 Å². The number of fused-ring (bicyclic) bond motifs is 2.